The molecule has 142 valence electrons. The maximum atomic E-state index is 11.5. The van der Waals surface area contributed by atoms with Crippen molar-refractivity contribution in [3.05, 3.63) is 63.2 Å². The molecular weight excluding hydrogens is 372 g/mol. The second kappa shape index (κ2) is 6.63. The zero-order valence-corrected chi connectivity index (χ0v) is 15.3. The van der Waals surface area contributed by atoms with Crippen molar-refractivity contribution in [2.24, 2.45) is 10.9 Å². The number of hydrogen-bond acceptors (Lipinski definition) is 6. The van der Waals surface area contributed by atoms with Crippen LogP contribution in [0.15, 0.2) is 41.3 Å². The molecule has 2 aromatic carbocycles. The smallest absolute Gasteiger partial charge is 0.275 e. The number of carbonyl (C=O) groups excluding carboxylic acids is 1. The number of nitrogens with two attached hydrogens (primary N) is 2. The lowest BCUT2D eigenvalue weighted by Gasteiger charge is -2.25. The van der Waals surface area contributed by atoms with Gasteiger partial charge in [0.15, 0.2) is 0 Å². The molecular formula is C17H18N4O5S. The van der Waals surface area contributed by atoms with E-state index < -0.39 is 20.9 Å². The van der Waals surface area contributed by atoms with E-state index in [2.05, 4.69) is 0 Å². The Balaban J connectivity index is 1.98. The molecule has 1 unspecified atom stereocenters. The fraction of sp³-hybridized carbons (Fsp3) is 0.235. The predicted molar refractivity (Wildman–Crippen MR) is 98.8 cm³/mol. The zero-order chi connectivity index (χ0) is 19.9. The Morgan fingerprint density at radius 3 is 2.59 bits per heavy atom. The van der Waals surface area contributed by atoms with Crippen LogP contribution < -0.4 is 15.8 Å². The summed E-state index contributed by atoms with van der Waals surface area (Å²) in [7, 11) is -3.80. The van der Waals surface area contributed by atoms with E-state index in [1.54, 1.807) is 6.07 Å². The highest BCUT2D eigenvalue weighted by Crippen LogP contribution is 2.36. The first-order valence-electron chi connectivity index (χ1n) is 8.07. The molecule has 1 aliphatic heterocycles. The van der Waals surface area contributed by atoms with Gasteiger partial charge in [-0.1, -0.05) is 0 Å². The van der Waals surface area contributed by atoms with Crippen molar-refractivity contribution in [1.82, 2.24) is 0 Å². The Morgan fingerprint density at radius 2 is 2.00 bits per heavy atom. The summed E-state index contributed by atoms with van der Waals surface area (Å²) in [4.78, 5) is 24.1. The normalized spacial score (nSPS) is 16.2. The highest BCUT2D eigenvalue weighted by Gasteiger charge is 2.29. The van der Waals surface area contributed by atoms with Gasteiger partial charge in [0.25, 0.3) is 5.69 Å². The molecule has 1 atom stereocenters. The molecule has 2 aromatic rings. The number of benzene rings is 2. The minimum absolute atomic E-state index is 0.00569. The molecule has 3 rings (SSSR count). The van der Waals surface area contributed by atoms with Crippen LogP contribution in [0.25, 0.3) is 0 Å². The summed E-state index contributed by atoms with van der Waals surface area (Å²) in [6.45, 7) is 2.18. The van der Waals surface area contributed by atoms with Gasteiger partial charge in [-0.05, 0) is 49.2 Å². The van der Waals surface area contributed by atoms with E-state index in [0.717, 1.165) is 11.3 Å². The molecule has 1 amide bonds. The third kappa shape index (κ3) is 3.62. The lowest BCUT2D eigenvalue weighted by Crippen LogP contribution is -2.29. The van der Waals surface area contributed by atoms with Crippen LogP contribution in [-0.4, -0.2) is 25.3 Å². The number of sulfonamides is 1. The monoisotopic (exact) mass is 390 g/mol. The van der Waals surface area contributed by atoms with Crippen molar-refractivity contribution in [1.29, 1.82) is 0 Å². The third-order valence-electron chi connectivity index (χ3n) is 4.64. The average molecular weight is 390 g/mol. The molecule has 0 saturated carbocycles. The summed E-state index contributed by atoms with van der Waals surface area (Å²) in [5.74, 6) is -0.736. The minimum atomic E-state index is -3.80. The van der Waals surface area contributed by atoms with Gasteiger partial charge < -0.3 is 10.6 Å². The number of nitro groups is 1. The number of nitro benzene ring substituents is 1. The first kappa shape index (κ1) is 18.8. The Labute approximate surface area is 155 Å². The van der Waals surface area contributed by atoms with Crippen LogP contribution in [0, 0.1) is 10.1 Å². The molecule has 0 radical (unpaired) electrons. The zero-order valence-electron chi connectivity index (χ0n) is 14.5. The second-order valence-corrected chi connectivity index (χ2v) is 8.04. The van der Waals surface area contributed by atoms with E-state index in [1.165, 1.54) is 30.3 Å². The third-order valence-corrected chi connectivity index (χ3v) is 5.55. The number of carbonyl (C=O) groups is 1. The number of fused-ring (bicyclic) bond motifs is 1. The predicted octanol–water partition coefficient (Wildman–Crippen LogP) is 1.29. The molecule has 9 nitrogen and oxygen atoms in total. The first-order chi connectivity index (χ1) is 12.6. The van der Waals surface area contributed by atoms with Gasteiger partial charge in [-0.25, -0.2) is 13.6 Å². The van der Waals surface area contributed by atoms with Crippen LogP contribution in [0.5, 0.6) is 0 Å². The van der Waals surface area contributed by atoms with Crippen molar-refractivity contribution >= 4 is 27.3 Å². The molecule has 1 aliphatic rings. The molecule has 0 bridgehead atoms. The average Bonchev–Trinajstić information content (AvgIpc) is 2.89. The summed E-state index contributed by atoms with van der Waals surface area (Å²) in [6.07, 6.45) is 0.589. The Morgan fingerprint density at radius 1 is 1.30 bits per heavy atom. The number of anilines is 1. The van der Waals surface area contributed by atoms with Crippen molar-refractivity contribution in [2.75, 3.05) is 4.90 Å². The van der Waals surface area contributed by atoms with E-state index in [1.807, 2.05) is 11.8 Å². The summed E-state index contributed by atoms with van der Waals surface area (Å²) in [6, 6.07) is 8.75. The van der Waals surface area contributed by atoms with Crippen LogP contribution in [0.3, 0.4) is 0 Å². The van der Waals surface area contributed by atoms with Crippen molar-refractivity contribution in [3.8, 4) is 0 Å². The highest BCUT2D eigenvalue weighted by atomic mass is 32.2. The van der Waals surface area contributed by atoms with Crippen LogP contribution in [0.2, 0.25) is 0 Å². The topological polar surface area (TPSA) is 150 Å². The SMILES string of the molecule is CC1Cc2cc(S(N)(=O)=O)ccc2N1Cc1ccc(C(N)=O)cc1[N+](=O)[O-]. The van der Waals surface area contributed by atoms with Gasteiger partial charge in [0, 0.05) is 28.9 Å². The number of nitrogens with zero attached hydrogens (tertiary/aromatic N) is 2. The van der Waals surface area contributed by atoms with Gasteiger partial charge in [-0.2, -0.15) is 0 Å². The maximum Gasteiger partial charge on any atom is 0.275 e. The van der Waals surface area contributed by atoms with E-state index >= 15 is 0 Å². The Kier molecular flexibility index (Phi) is 4.62. The van der Waals surface area contributed by atoms with E-state index in [4.69, 9.17) is 10.9 Å². The fourth-order valence-corrected chi connectivity index (χ4v) is 3.86. The molecule has 0 fully saturated rings. The quantitative estimate of drug-likeness (QED) is 0.580. The second-order valence-electron chi connectivity index (χ2n) is 6.48. The maximum absolute atomic E-state index is 11.5. The van der Waals surface area contributed by atoms with Crippen molar-refractivity contribution in [3.63, 3.8) is 0 Å². The van der Waals surface area contributed by atoms with Gasteiger partial charge in [-0.15, -0.1) is 0 Å². The van der Waals surface area contributed by atoms with Gasteiger partial charge in [-0.3, -0.25) is 14.9 Å². The van der Waals surface area contributed by atoms with Crippen LogP contribution in [-0.2, 0) is 23.0 Å². The van der Waals surface area contributed by atoms with Crippen LogP contribution >= 0.6 is 0 Å². The van der Waals surface area contributed by atoms with Gasteiger partial charge >= 0.3 is 0 Å². The first-order valence-corrected chi connectivity index (χ1v) is 9.62. The highest BCUT2D eigenvalue weighted by molar-refractivity contribution is 7.89. The van der Waals surface area contributed by atoms with E-state index in [0.29, 0.717) is 12.0 Å². The summed E-state index contributed by atoms with van der Waals surface area (Å²) >= 11 is 0. The van der Waals surface area contributed by atoms with Gasteiger partial charge in [0.05, 0.1) is 16.4 Å². The lowest BCUT2D eigenvalue weighted by molar-refractivity contribution is -0.385. The van der Waals surface area contributed by atoms with Crippen molar-refractivity contribution < 1.29 is 18.1 Å². The summed E-state index contributed by atoms with van der Waals surface area (Å²) in [5, 5.41) is 16.6. The molecule has 0 aromatic heterocycles. The van der Waals surface area contributed by atoms with Crippen LogP contribution in [0.4, 0.5) is 11.4 Å². The van der Waals surface area contributed by atoms with E-state index in [9.17, 15) is 23.3 Å². The molecule has 0 saturated heterocycles. The number of amides is 1. The van der Waals surface area contributed by atoms with Gasteiger partial charge in [0.1, 0.15) is 0 Å². The fourth-order valence-electron chi connectivity index (χ4n) is 3.29. The minimum Gasteiger partial charge on any atom is -0.366 e. The number of primary amides is 1. The summed E-state index contributed by atoms with van der Waals surface area (Å²) < 4.78 is 23.1. The molecule has 4 N–H and O–H groups in total. The number of rotatable bonds is 5. The van der Waals surface area contributed by atoms with Crippen molar-refractivity contribution in [2.45, 2.75) is 30.8 Å². The standard InChI is InChI=1S/C17H18N4O5S/c1-10-6-13-7-14(27(19,25)26)4-5-15(13)20(10)9-12-3-2-11(17(18)22)8-16(12)21(23)24/h2-5,7-8,10H,6,9H2,1H3,(H2,18,22)(H2,19,25,26). The number of primary sulfonamides is 1. The Hall–Kier alpha value is -2.98. The van der Waals surface area contributed by atoms with Crippen LogP contribution in [0.1, 0.15) is 28.4 Å². The largest absolute Gasteiger partial charge is 0.366 e. The van der Waals surface area contributed by atoms with E-state index in [-0.39, 0.29) is 28.7 Å². The van der Waals surface area contributed by atoms with Gasteiger partial charge in [0.2, 0.25) is 15.9 Å². The Bertz CT molecular complexity index is 1050. The lowest BCUT2D eigenvalue weighted by atomic mass is 10.1. The summed E-state index contributed by atoms with van der Waals surface area (Å²) in [5.41, 5.74) is 7.12. The molecule has 0 spiro atoms. The number of hydrogen-bond donors (Lipinski definition) is 2. The molecule has 1 heterocycles. The molecule has 27 heavy (non-hydrogen) atoms. The molecule has 0 aliphatic carbocycles. The molecule has 10 heteroatoms.